The van der Waals surface area contributed by atoms with E-state index in [9.17, 15) is 18.0 Å². The van der Waals surface area contributed by atoms with Gasteiger partial charge in [-0.1, -0.05) is 30.3 Å². The summed E-state index contributed by atoms with van der Waals surface area (Å²) in [7, 11) is 0. The van der Waals surface area contributed by atoms with Crippen molar-refractivity contribution in [1.82, 2.24) is 4.90 Å². The average molecular weight is 245 g/mol. The lowest BCUT2D eigenvalue weighted by atomic mass is 10.2. The zero-order valence-electron chi connectivity index (χ0n) is 8.78. The lowest BCUT2D eigenvalue weighted by Crippen LogP contribution is -2.33. The van der Waals surface area contributed by atoms with Crippen LogP contribution < -0.4 is 0 Å². The predicted molar refractivity (Wildman–Crippen MR) is 53.2 cm³/mol. The van der Waals surface area contributed by atoms with E-state index in [1.165, 1.54) is 0 Å². The van der Waals surface area contributed by atoms with Crippen molar-refractivity contribution >= 4 is 6.09 Å². The molecule has 3 nitrogen and oxygen atoms in total. The minimum absolute atomic E-state index is 0.131. The quantitative estimate of drug-likeness (QED) is 0.801. The highest BCUT2D eigenvalue weighted by Gasteiger charge is 2.49. The summed E-state index contributed by atoms with van der Waals surface area (Å²) in [5.41, 5.74) is 0.771. The van der Waals surface area contributed by atoms with Gasteiger partial charge < -0.3 is 4.74 Å². The van der Waals surface area contributed by atoms with Crippen molar-refractivity contribution in [1.29, 1.82) is 0 Å². The molecule has 0 aliphatic carbocycles. The van der Waals surface area contributed by atoms with Crippen molar-refractivity contribution in [3.8, 4) is 0 Å². The van der Waals surface area contributed by atoms with Gasteiger partial charge in [-0.25, -0.2) is 4.79 Å². The van der Waals surface area contributed by atoms with Gasteiger partial charge in [0.15, 0.2) is 0 Å². The third-order valence-corrected chi connectivity index (χ3v) is 2.47. The number of carbonyl (C=O) groups is 1. The molecule has 0 spiro atoms. The van der Waals surface area contributed by atoms with Crippen molar-refractivity contribution in [2.24, 2.45) is 0 Å². The van der Waals surface area contributed by atoms with Crippen LogP contribution in [0.4, 0.5) is 18.0 Å². The van der Waals surface area contributed by atoms with Gasteiger partial charge in [-0.2, -0.15) is 13.2 Å². The van der Waals surface area contributed by atoms with Gasteiger partial charge in [0.05, 0.1) is 6.54 Å². The Hall–Kier alpha value is -1.72. The Morgan fingerprint density at radius 2 is 1.94 bits per heavy atom. The number of carbonyl (C=O) groups excluding carboxylic acids is 1. The molecule has 92 valence electrons. The first-order valence-corrected chi connectivity index (χ1v) is 5.03. The SMILES string of the molecule is O=C1OC(C(F)(F)F)CN1Cc1ccccc1. The Kier molecular flexibility index (Phi) is 2.95. The number of halogens is 3. The fourth-order valence-corrected chi connectivity index (χ4v) is 1.61. The van der Waals surface area contributed by atoms with Crippen LogP contribution in [0.5, 0.6) is 0 Å². The van der Waals surface area contributed by atoms with Crippen molar-refractivity contribution < 1.29 is 22.7 Å². The van der Waals surface area contributed by atoms with E-state index in [1.807, 2.05) is 0 Å². The number of alkyl halides is 3. The molecule has 6 heteroatoms. The monoisotopic (exact) mass is 245 g/mol. The average Bonchev–Trinajstić information content (AvgIpc) is 2.62. The van der Waals surface area contributed by atoms with Gasteiger partial charge in [-0.3, -0.25) is 4.90 Å². The van der Waals surface area contributed by atoms with Crippen LogP contribution in [0, 0.1) is 0 Å². The second-order valence-electron chi connectivity index (χ2n) is 3.78. The van der Waals surface area contributed by atoms with E-state index < -0.39 is 24.9 Å². The Balaban J connectivity index is 2.02. The number of rotatable bonds is 2. The molecule has 0 bridgehead atoms. The third kappa shape index (κ3) is 2.69. The van der Waals surface area contributed by atoms with Crippen molar-refractivity contribution in [2.75, 3.05) is 6.54 Å². The number of benzene rings is 1. The minimum Gasteiger partial charge on any atom is -0.434 e. The first-order valence-electron chi connectivity index (χ1n) is 5.03. The van der Waals surface area contributed by atoms with E-state index in [1.54, 1.807) is 30.3 Å². The van der Waals surface area contributed by atoms with Gasteiger partial charge in [0.2, 0.25) is 6.10 Å². The maximum absolute atomic E-state index is 12.3. The standard InChI is InChI=1S/C11H10F3NO2/c12-11(13,14)9-7-15(10(16)17-9)6-8-4-2-1-3-5-8/h1-5,9H,6-7H2. The van der Waals surface area contributed by atoms with Crippen molar-refractivity contribution in [2.45, 2.75) is 18.8 Å². The largest absolute Gasteiger partial charge is 0.434 e. The summed E-state index contributed by atoms with van der Waals surface area (Å²) in [4.78, 5) is 12.3. The number of cyclic esters (lactones) is 1. The van der Waals surface area contributed by atoms with Gasteiger partial charge in [-0.15, -0.1) is 0 Å². The Labute approximate surface area is 95.8 Å². The van der Waals surface area contributed by atoms with Crippen LogP contribution in [-0.2, 0) is 11.3 Å². The molecular weight excluding hydrogens is 235 g/mol. The van der Waals surface area contributed by atoms with E-state index in [2.05, 4.69) is 4.74 Å². The van der Waals surface area contributed by atoms with Crippen LogP contribution >= 0.6 is 0 Å². The smallest absolute Gasteiger partial charge is 0.427 e. The summed E-state index contributed by atoms with van der Waals surface area (Å²) in [5.74, 6) is 0. The zero-order chi connectivity index (χ0) is 12.5. The number of amides is 1. The number of nitrogens with zero attached hydrogens (tertiary/aromatic N) is 1. The Bertz CT molecular complexity index is 405. The summed E-state index contributed by atoms with van der Waals surface area (Å²) in [6.45, 7) is -0.316. The van der Waals surface area contributed by atoms with E-state index in [0.717, 1.165) is 10.5 Å². The number of hydrogen-bond donors (Lipinski definition) is 0. The summed E-state index contributed by atoms with van der Waals surface area (Å²) < 4.78 is 41.3. The lowest BCUT2D eigenvalue weighted by Gasteiger charge is -2.13. The van der Waals surface area contributed by atoms with Crippen LogP contribution in [0.2, 0.25) is 0 Å². The van der Waals surface area contributed by atoms with Gasteiger partial charge in [0.25, 0.3) is 0 Å². The van der Waals surface area contributed by atoms with Crippen molar-refractivity contribution in [3.05, 3.63) is 35.9 Å². The molecule has 1 saturated heterocycles. The third-order valence-electron chi connectivity index (χ3n) is 2.47. The molecular formula is C11H10F3NO2. The molecule has 0 N–H and O–H groups in total. The topological polar surface area (TPSA) is 29.5 Å². The highest BCUT2D eigenvalue weighted by molar-refractivity contribution is 5.70. The van der Waals surface area contributed by atoms with Crippen molar-refractivity contribution in [3.63, 3.8) is 0 Å². The summed E-state index contributed by atoms with van der Waals surface area (Å²) >= 11 is 0. The fourth-order valence-electron chi connectivity index (χ4n) is 1.61. The number of hydrogen-bond acceptors (Lipinski definition) is 2. The molecule has 17 heavy (non-hydrogen) atoms. The molecule has 1 aliphatic heterocycles. The highest BCUT2D eigenvalue weighted by Crippen LogP contribution is 2.28. The molecule has 1 unspecified atom stereocenters. The minimum atomic E-state index is -4.50. The molecule has 0 aromatic heterocycles. The molecule has 1 aromatic rings. The van der Waals surface area contributed by atoms with E-state index in [0.29, 0.717) is 0 Å². The van der Waals surface area contributed by atoms with Crippen LogP contribution in [-0.4, -0.2) is 29.8 Å². The van der Waals surface area contributed by atoms with Gasteiger partial charge in [-0.05, 0) is 5.56 Å². The molecule has 0 saturated carbocycles. The molecule has 1 heterocycles. The summed E-state index contributed by atoms with van der Waals surface area (Å²) in [6.07, 6.45) is -7.43. The molecule has 1 aliphatic rings. The normalized spacial score (nSPS) is 20.5. The molecule has 0 radical (unpaired) electrons. The number of ether oxygens (including phenoxy) is 1. The molecule has 1 atom stereocenters. The Morgan fingerprint density at radius 3 is 2.47 bits per heavy atom. The summed E-state index contributed by atoms with van der Waals surface area (Å²) in [5, 5.41) is 0. The molecule has 2 rings (SSSR count). The lowest BCUT2D eigenvalue weighted by molar-refractivity contribution is -0.192. The summed E-state index contributed by atoms with van der Waals surface area (Å²) in [6, 6.07) is 8.81. The first-order chi connectivity index (χ1) is 7.97. The second kappa shape index (κ2) is 4.27. The van der Waals surface area contributed by atoms with Crippen LogP contribution in [0.15, 0.2) is 30.3 Å². The fraction of sp³-hybridized carbons (Fsp3) is 0.364. The predicted octanol–water partition coefficient (Wildman–Crippen LogP) is 2.57. The highest BCUT2D eigenvalue weighted by atomic mass is 19.4. The molecule has 1 amide bonds. The second-order valence-corrected chi connectivity index (χ2v) is 3.78. The van der Waals surface area contributed by atoms with Crippen LogP contribution in [0.25, 0.3) is 0 Å². The first kappa shape index (κ1) is 11.8. The Morgan fingerprint density at radius 1 is 1.29 bits per heavy atom. The van der Waals surface area contributed by atoms with Gasteiger partial charge in [0.1, 0.15) is 0 Å². The van der Waals surface area contributed by atoms with Gasteiger partial charge in [0, 0.05) is 6.54 Å². The van der Waals surface area contributed by atoms with Crippen LogP contribution in [0.1, 0.15) is 5.56 Å². The molecule has 1 aromatic carbocycles. The maximum Gasteiger partial charge on any atom is 0.427 e. The van der Waals surface area contributed by atoms with E-state index >= 15 is 0 Å². The van der Waals surface area contributed by atoms with Crippen LogP contribution in [0.3, 0.4) is 0 Å². The maximum atomic E-state index is 12.3. The van der Waals surface area contributed by atoms with E-state index in [-0.39, 0.29) is 6.54 Å². The van der Waals surface area contributed by atoms with Gasteiger partial charge >= 0.3 is 12.3 Å². The van der Waals surface area contributed by atoms with E-state index in [4.69, 9.17) is 0 Å². The molecule has 1 fully saturated rings. The zero-order valence-corrected chi connectivity index (χ0v) is 8.78.